The number of fused-ring (bicyclic) bond motifs is 1. The molecule has 0 saturated heterocycles. The Bertz CT molecular complexity index is 505. The summed E-state index contributed by atoms with van der Waals surface area (Å²) in [6, 6.07) is 8.42. The zero-order chi connectivity index (χ0) is 11.7. The van der Waals surface area contributed by atoms with Crippen LogP contribution in [0.5, 0.6) is 0 Å². The van der Waals surface area contributed by atoms with Crippen molar-refractivity contribution in [1.29, 1.82) is 5.26 Å². The molecule has 4 heteroatoms. The largest absolute Gasteiger partial charge is 0.269 e. The quantitative estimate of drug-likeness (QED) is 0.549. The van der Waals surface area contributed by atoms with Crippen molar-refractivity contribution in [3.05, 3.63) is 47.5 Å². The van der Waals surface area contributed by atoms with Gasteiger partial charge in [0.05, 0.1) is 23.7 Å². The molecular formula is C12H8N2O2. The Morgan fingerprint density at radius 2 is 1.75 bits per heavy atom. The van der Waals surface area contributed by atoms with Crippen molar-refractivity contribution >= 4 is 11.8 Å². The molecule has 0 saturated carbocycles. The first kappa shape index (κ1) is 10.1. The van der Waals surface area contributed by atoms with Crippen LogP contribution in [0.3, 0.4) is 0 Å². The van der Waals surface area contributed by atoms with E-state index in [4.69, 9.17) is 5.26 Å². The number of carbonyl (C=O) groups is 2. The fraction of sp³-hybridized carbons (Fsp3) is 0.0833. The molecule has 0 radical (unpaired) electrons. The van der Waals surface area contributed by atoms with Crippen molar-refractivity contribution in [1.82, 2.24) is 4.90 Å². The molecule has 0 N–H and O–H groups in total. The zero-order valence-electron chi connectivity index (χ0n) is 8.43. The van der Waals surface area contributed by atoms with Crippen LogP contribution in [0.15, 0.2) is 36.4 Å². The smallest absolute Gasteiger partial charge is 0.261 e. The molecule has 1 aromatic carbocycles. The van der Waals surface area contributed by atoms with Crippen LogP contribution in [0.25, 0.3) is 0 Å². The third-order valence-electron chi connectivity index (χ3n) is 2.39. The number of hydrogen-bond acceptors (Lipinski definition) is 3. The summed E-state index contributed by atoms with van der Waals surface area (Å²) < 4.78 is 0. The third-order valence-corrected chi connectivity index (χ3v) is 2.39. The molecule has 0 unspecified atom stereocenters. The SMILES string of the molecule is C=C(C#N)CN1C(=O)c2ccccc2C1=O. The minimum absolute atomic E-state index is 0.0388. The number of rotatable bonds is 2. The van der Waals surface area contributed by atoms with E-state index in [0.717, 1.165) is 4.90 Å². The van der Waals surface area contributed by atoms with E-state index in [2.05, 4.69) is 6.58 Å². The summed E-state index contributed by atoms with van der Waals surface area (Å²) in [5.74, 6) is -0.728. The lowest BCUT2D eigenvalue weighted by Gasteiger charge is -2.11. The fourth-order valence-corrected chi connectivity index (χ4v) is 1.61. The number of nitriles is 1. The number of benzene rings is 1. The highest BCUT2D eigenvalue weighted by atomic mass is 16.2. The van der Waals surface area contributed by atoms with Gasteiger partial charge in [0.15, 0.2) is 0 Å². The van der Waals surface area contributed by atoms with Crippen molar-refractivity contribution < 1.29 is 9.59 Å². The van der Waals surface area contributed by atoms with Gasteiger partial charge in [-0.2, -0.15) is 5.26 Å². The van der Waals surface area contributed by atoms with Gasteiger partial charge < -0.3 is 0 Å². The Labute approximate surface area is 92.4 Å². The van der Waals surface area contributed by atoms with Crippen LogP contribution in [0.1, 0.15) is 20.7 Å². The second-order valence-corrected chi connectivity index (χ2v) is 3.46. The Morgan fingerprint density at radius 1 is 1.25 bits per heavy atom. The highest BCUT2D eigenvalue weighted by molar-refractivity contribution is 6.21. The topological polar surface area (TPSA) is 61.2 Å². The van der Waals surface area contributed by atoms with Gasteiger partial charge in [-0.3, -0.25) is 14.5 Å². The van der Waals surface area contributed by atoms with Gasteiger partial charge in [-0.15, -0.1) is 0 Å². The summed E-state index contributed by atoms with van der Waals surface area (Å²) in [7, 11) is 0. The number of hydrogen-bond donors (Lipinski definition) is 0. The lowest BCUT2D eigenvalue weighted by molar-refractivity contribution is 0.0669. The van der Waals surface area contributed by atoms with E-state index in [1.165, 1.54) is 0 Å². The lowest BCUT2D eigenvalue weighted by Crippen LogP contribution is -2.31. The molecule has 1 aromatic rings. The molecular weight excluding hydrogens is 204 g/mol. The zero-order valence-corrected chi connectivity index (χ0v) is 8.43. The van der Waals surface area contributed by atoms with E-state index in [1.807, 2.05) is 6.07 Å². The van der Waals surface area contributed by atoms with Crippen LogP contribution >= 0.6 is 0 Å². The second kappa shape index (κ2) is 3.63. The highest BCUT2D eigenvalue weighted by Crippen LogP contribution is 2.22. The van der Waals surface area contributed by atoms with Gasteiger partial charge in [-0.05, 0) is 12.1 Å². The second-order valence-electron chi connectivity index (χ2n) is 3.46. The van der Waals surface area contributed by atoms with Crippen LogP contribution < -0.4 is 0 Å². The standard InChI is InChI=1S/C12H8N2O2/c1-8(6-13)7-14-11(15)9-4-2-3-5-10(9)12(14)16/h2-5H,1,7H2. The van der Waals surface area contributed by atoms with E-state index in [1.54, 1.807) is 24.3 Å². The van der Waals surface area contributed by atoms with Gasteiger partial charge in [0, 0.05) is 5.57 Å². The summed E-state index contributed by atoms with van der Waals surface area (Å²) in [6.07, 6.45) is 0. The first-order valence-electron chi connectivity index (χ1n) is 4.68. The predicted octanol–water partition coefficient (Wildman–Crippen LogP) is 1.36. The molecule has 2 amide bonds. The number of imide groups is 1. The van der Waals surface area contributed by atoms with E-state index in [9.17, 15) is 9.59 Å². The van der Waals surface area contributed by atoms with Crippen LogP contribution in [0, 0.1) is 11.3 Å². The van der Waals surface area contributed by atoms with Gasteiger partial charge in [0.25, 0.3) is 11.8 Å². The molecule has 0 atom stereocenters. The van der Waals surface area contributed by atoms with E-state index in [-0.39, 0.29) is 23.9 Å². The third kappa shape index (κ3) is 1.39. The molecule has 0 aliphatic carbocycles. The summed E-state index contributed by atoms with van der Waals surface area (Å²) >= 11 is 0. The maximum atomic E-state index is 11.8. The summed E-state index contributed by atoms with van der Waals surface area (Å²) in [6.45, 7) is 3.42. The normalized spacial score (nSPS) is 13.6. The van der Waals surface area contributed by atoms with Gasteiger partial charge in [0.2, 0.25) is 0 Å². The highest BCUT2D eigenvalue weighted by Gasteiger charge is 2.34. The molecule has 0 aromatic heterocycles. The molecule has 16 heavy (non-hydrogen) atoms. The average Bonchev–Trinajstić information content (AvgIpc) is 2.55. The number of carbonyl (C=O) groups excluding carboxylic acids is 2. The predicted molar refractivity (Wildman–Crippen MR) is 56.6 cm³/mol. The van der Waals surface area contributed by atoms with Gasteiger partial charge in [-0.25, -0.2) is 0 Å². The molecule has 2 rings (SSSR count). The molecule has 0 bridgehead atoms. The fourth-order valence-electron chi connectivity index (χ4n) is 1.61. The molecule has 0 fully saturated rings. The summed E-state index contributed by atoms with van der Waals surface area (Å²) in [5.41, 5.74) is 0.964. The lowest BCUT2D eigenvalue weighted by atomic mass is 10.1. The van der Waals surface area contributed by atoms with Crippen LogP contribution in [0.4, 0.5) is 0 Å². The molecule has 1 aliphatic heterocycles. The number of amides is 2. The maximum Gasteiger partial charge on any atom is 0.261 e. The minimum atomic E-state index is -0.364. The van der Waals surface area contributed by atoms with Crippen LogP contribution in [-0.2, 0) is 0 Å². The minimum Gasteiger partial charge on any atom is -0.269 e. The van der Waals surface area contributed by atoms with Crippen molar-refractivity contribution in [2.75, 3.05) is 6.54 Å². The van der Waals surface area contributed by atoms with Crippen LogP contribution in [0.2, 0.25) is 0 Å². The van der Waals surface area contributed by atoms with Crippen molar-refractivity contribution in [2.24, 2.45) is 0 Å². The van der Waals surface area contributed by atoms with Crippen molar-refractivity contribution in [3.8, 4) is 6.07 Å². The molecule has 0 spiro atoms. The van der Waals surface area contributed by atoms with Crippen molar-refractivity contribution in [3.63, 3.8) is 0 Å². The average molecular weight is 212 g/mol. The van der Waals surface area contributed by atoms with Gasteiger partial charge in [-0.1, -0.05) is 18.7 Å². The first-order valence-corrected chi connectivity index (χ1v) is 4.68. The van der Waals surface area contributed by atoms with E-state index in [0.29, 0.717) is 11.1 Å². The maximum absolute atomic E-state index is 11.8. The van der Waals surface area contributed by atoms with Gasteiger partial charge in [0.1, 0.15) is 0 Å². The van der Waals surface area contributed by atoms with E-state index < -0.39 is 0 Å². The molecule has 78 valence electrons. The van der Waals surface area contributed by atoms with Crippen LogP contribution in [-0.4, -0.2) is 23.3 Å². The molecule has 4 nitrogen and oxygen atoms in total. The van der Waals surface area contributed by atoms with E-state index >= 15 is 0 Å². The molecule has 1 heterocycles. The monoisotopic (exact) mass is 212 g/mol. The van der Waals surface area contributed by atoms with Crippen molar-refractivity contribution in [2.45, 2.75) is 0 Å². The Morgan fingerprint density at radius 3 is 2.19 bits per heavy atom. The summed E-state index contributed by atoms with van der Waals surface area (Å²) in [4.78, 5) is 24.7. The Balaban J connectivity index is 2.36. The Hall–Kier alpha value is -2.41. The first-order chi connectivity index (χ1) is 7.65. The summed E-state index contributed by atoms with van der Waals surface area (Å²) in [5, 5.41) is 8.59. The number of nitrogens with zero attached hydrogens (tertiary/aromatic N) is 2. The van der Waals surface area contributed by atoms with Gasteiger partial charge >= 0.3 is 0 Å². The molecule has 1 aliphatic rings. The Kier molecular flexibility index (Phi) is 2.29.